The zero-order chi connectivity index (χ0) is 22.8. The summed E-state index contributed by atoms with van der Waals surface area (Å²) in [4.78, 5) is 24.9. The molecule has 9 heteroatoms. The number of carbonyl (C=O) groups is 2. The van der Waals surface area contributed by atoms with Crippen LogP contribution in [-0.4, -0.2) is 24.0 Å². The van der Waals surface area contributed by atoms with Crippen LogP contribution in [0.1, 0.15) is 36.3 Å². The molecule has 1 amide bonds. The number of aliphatic carboxylic acids is 1. The van der Waals surface area contributed by atoms with Crippen molar-refractivity contribution in [3.8, 4) is 0 Å². The van der Waals surface area contributed by atoms with E-state index in [1.54, 1.807) is 7.05 Å². The first-order chi connectivity index (χ1) is 14.6. The van der Waals surface area contributed by atoms with Gasteiger partial charge in [-0.1, -0.05) is 18.6 Å². The third-order valence-electron chi connectivity index (χ3n) is 5.70. The Balaban J connectivity index is 1.83. The second-order valence-electron chi connectivity index (χ2n) is 7.56. The quantitative estimate of drug-likeness (QED) is 0.567. The van der Waals surface area contributed by atoms with Gasteiger partial charge in [0.05, 0.1) is 23.1 Å². The van der Waals surface area contributed by atoms with Crippen LogP contribution in [0.4, 0.5) is 28.9 Å². The van der Waals surface area contributed by atoms with Gasteiger partial charge < -0.3 is 15.7 Å². The summed E-state index contributed by atoms with van der Waals surface area (Å²) in [5.74, 6) is -5.48. The zero-order valence-corrected chi connectivity index (χ0v) is 16.7. The summed E-state index contributed by atoms with van der Waals surface area (Å²) >= 11 is 0. The molecule has 3 rings (SSSR count). The molecule has 1 aliphatic carbocycles. The number of nitrogens with one attached hydrogen (secondary N) is 2. The molecule has 0 bridgehead atoms. The molecule has 0 spiro atoms. The van der Waals surface area contributed by atoms with Crippen LogP contribution in [0.15, 0.2) is 42.5 Å². The maximum atomic E-state index is 14.1. The molecular formula is C22H22F4N2O3. The second kappa shape index (κ2) is 8.95. The number of carbonyl (C=O) groups excluding carboxylic acids is 1. The van der Waals surface area contributed by atoms with E-state index >= 15 is 0 Å². The van der Waals surface area contributed by atoms with E-state index in [1.165, 1.54) is 0 Å². The van der Waals surface area contributed by atoms with Crippen LogP contribution in [0.5, 0.6) is 0 Å². The highest BCUT2D eigenvalue weighted by Gasteiger charge is 2.43. The lowest BCUT2D eigenvalue weighted by Crippen LogP contribution is -2.40. The van der Waals surface area contributed by atoms with Gasteiger partial charge in [0.25, 0.3) is 0 Å². The van der Waals surface area contributed by atoms with E-state index in [1.807, 2.05) is 24.3 Å². The van der Waals surface area contributed by atoms with Gasteiger partial charge in [0.1, 0.15) is 5.82 Å². The van der Waals surface area contributed by atoms with Gasteiger partial charge in [0, 0.05) is 12.7 Å². The molecule has 5 nitrogen and oxygen atoms in total. The zero-order valence-electron chi connectivity index (χ0n) is 16.7. The van der Waals surface area contributed by atoms with Crippen LogP contribution >= 0.6 is 0 Å². The Morgan fingerprint density at radius 2 is 1.74 bits per heavy atom. The van der Waals surface area contributed by atoms with Gasteiger partial charge in [-0.25, -0.2) is 4.39 Å². The third-order valence-corrected chi connectivity index (χ3v) is 5.70. The van der Waals surface area contributed by atoms with E-state index in [9.17, 15) is 32.3 Å². The van der Waals surface area contributed by atoms with Crippen molar-refractivity contribution in [3.63, 3.8) is 0 Å². The van der Waals surface area contributed by atoms with Gasteiger partial charge in [0.15, 0.2) is 0 Å². The number of hydrogen-bond acceptors (Lipinski definition) is 3. The predicted molar refractivity (Wildman–Crippen MR) is 107 cm³/mol. The van der Waals surface area contributed by atoms with Crippen molar-refractivity contribution in [1.82, 2.24) is 0 Å². The van der Waals surface area contributed by atoms with Crippen molar-refractivity contribution in [1.29, 1.82) is 0 Å². The smallest absolute Gasteiger partial charge is 0.416 e. The number of hydrogen-bond donors (Lipinski definition) is 3. The maximum absolute atomic E-state index is 14.1. The normalized spacial score (nSPS) is 21.4. The van der Waals surface area contributed by atoms with Crippen molar-refractivity contribution < 1.29 is 32.3 Å². The van der Waals surface area contributed by atoms with Crippen LogP contribution in [0.25, 0.3) is 0 Å². The Bertz CT molecular complexity index is 960. The summed E-state index contributed by atoms with van der Waals surface area (Å²) in [6.45, 7) is 0. The van der Waals surface area contributed by atoms with E-state index in [4.69, 9.17) is 0 Å². The molecule has 0 aliphatic heterocycles. The van der Waals surface area contributed by atoms with Gasteiger partial charge in [-0.2, -0.15) is 13.2 Å². The summed E-state index contributed by atoms with van der Waals surface area (Å²) in [5.41, 5.74) is 0.0555. The van der Waals surface area contributed by atoms with Crippen molar-refractivity contribution in [2.75, 3.05) is 17.7 Å². The van der Waals surface area contributed by atoms with Gasteiger partial charge in [-0.15, -0.1) is 0 Å². The molecule has 1 fully saturated rings. The molecule has 3 atom stereocenters. The highest BCUT2D eigenvalue weighted by Crippen LogP contribution is 2.42. The van der Waals surface area contributed by atoms with Gasteiger partial charge >= 0.3 is 12.1 Å². The monoisotopic (exact) mass is 438 g/mol. The molecule has 2 aromatic carbocycles. The number of alkyl halides is 3. The summed E-state index contributed by atoms with van der Waals surface area (Å²) in [5, 5.41) is 15.1. The van der Waals surface area contributed by atoms with E-state index in [2.05, 4.69) is 10.6 Å². The topological polar surface area (TPSA) is 78.4 Å². The standard InChI is InChI=1S/C22H22F4N2O3/c1-27-14-8-5-12(6-9-14)15-3-2-4-16(19(15)21(30)31)20(29)28-18-10-7-13(11-17(18)23)22(24,25)26/h5-11,15-16,19,27H,2-4H2,1H3,(H,28,29)(H,30,31)/t15-,16-,19-/m0/s1. The van der Waals surface area contributed by atoms with Crippen molar-refractivity contribution >= 4 is 23.3 Å². The first kappa shape index (κ1) is 22.6. The Morgan fingerprint density at radius 3 is 2.29 bits per heavy atom. The molecule has 31 heavy (non-hydrogen) atoms. The highest BCUT2D eigenvalue weighted by molar-refractivity contribution is 5.95. The van der Waals surface area contributed by atoms with Crippen LogP contribution < -0.4 is 10.6 Å². The lowest BCUT2D eigenvalue weighted by Gasteiger charge is -2.35. The highest BCUT2D eigenvalue weighted by atomic mass is 19.4. The van der Waals surface area contributed by atoms with E-state index in [0.29, 0.717) is 25.0 Å². The summed E-state index contributed by atoms with van der Waals surface area (Å²) in [6, 6.07) is 9.05. The predicted octanol–water partition coefficient (Wildman–Crippen LogP) is 5.11. The number of amides is 1. The van der Waals surface area contributed by atoms with Crippen molar-refractivity contribution in [2.24, 2.45) is 11.8 Å². The minimum atomic E-state index is -4.71. The Morgan fingerprint density at radius 1 is 1.06 bits per heavy atom. The molecule has 0 heterocycles. The first-order valence-corrected chi connectivity index (χ1v) is 9.80. The number of rotatable bonds is 5. The fraction of sp³-hybridized carbons (Fsp3) is 0.364. The lowest BCUT2D eigenvalue weighted by atomic mass is 9.69. The van der Waals surface area contributed by atoms with Crippen molar-refractivity contribution in [2.45, 2.75) is 31.4 Å². The third kappa shape index (κ3) is 4.98. The minimum Gasteiger partial charge on any atom is -0.481 e. The maximum Gasteiger partial charge on any atom is 0.416 e. The number of halogens is 4. The van der Waals surface area contributed by atoms with Crippen molar-refractivity contribution in [3.05, 3.63) is 59.4 Å². The Kier molecular flexibility index (Phi) is 6.52. The average Bonchev–Trinajstić information content (AvgIpc) is 2.73. The number of benzene rings is 2. The number of anilines is 2. The number of carboxylic acid groups (broad SMARTS) is 1. The molecule has 0 radical (unpaired) electrons. The van der Waals surface area contributed by atoms with Gasteiger partial charge in [-0.05, 0) is 54.7 Å². The lowest BCUT2D eigenvalue weighted by molar-refractivity contribution is -0.148. The average molecular weight is 438 g/mol. The number of carboxylic acids is 1. The Hall–Kier alpha value is -3.10. The van der Waals surface area contributed by atoms with E-state index < -0.39 is 52.9 Å². The van der Waals surface area contributed by atoms with E-state index in [0.717, 1.165) is 17.3 Å². The first-order valence-electron chi connectivity index (χ1n) is 9.80. The molecule has 3 N–H and O–H groups in total. The SMILES string of the molecule is CNc1ccc([C@@H]2CCC[C@H](C(=O)Nc3ccc(C(F)(F)F)cc3F)[C@H]2C(=O)O)cc1. The molecule has 0 unspecified atom stereocenters. The molecule has 2 aromatic rings. The van der Waals surface area contributed by atoms with Gasteiger partial charge in [0.2, 0.25) is 5.91 Å². The molecular weight excluding hydrogens is 416 g/mol. The van der Waals surface area contributed by atoms with Crippen LogP contribution in [0.3, 0.4) is 0 Å². The largest absolute Gasteiger partial charge is 0.481 e. The molecule has 0 aromatic heterocycles. The fourth-order valence-corrected chi connectivity index (χ4v) is 4.12. The van der Waals surface area contributed by atoms with E-state index in [-0.39, 0.29) is 6.42 Å². The molecule has 1 saturated carbocycles. The molecule has 0 saturated heterocycles. The molecule has 1 aliphatic rings. The van der Waals surface area contributed by atoms with Gasteiger partial charge in [-0.3, -0.25) is 9.59 Å². The fourth-order valence-electron chi connectivity index (χ4n) is 4.12. The summed E-state index contributed by atoms with van der Waals surface area (Å²) in [7, 11) is 1.76. The minimum absolute atomic E-state index is 0.288. The second-order valence-corrected chi connectivity index (χ2v) is 7.56. The Labute approximate surface area is 176 Å². The van der Waals surface area contributed by atoms with Crippen LogP contribution in [0.2, 0.25) is 0 Å². The summed E-state index contributed by atoms with van der Waals surface area (Å²) in [6.07, 6.45) is -3.25. The summed E-state index contributed by atoms with van der Waals surface area (Å²) < 4.78 is 52.3. The van der Waals surface area contributed by atoms with Crippen LogP contribution in [-0.2, 0) is 15.8 Å². The molecule has 166 valence electrons. The van der Waals surface area contributed by atoms with Crippen LogP contribution in [0, 0.1) is 17.7 Å².